The number of fused-ring (bicyclic) bond motifs is 3. The lowest BCUT2D eigenvalue weighted by atomic mass is 9.62. The van der Waals surface area contributed by atoms with Gasteiger partial charge >= 0.3 is 0 Å². The highest BCUT2D eigenvalue weighted by Gasteiger charge is 2.37. The van der Waals surface area contributed by atoms with Crippen LogP contribution in [0.4, 0.5) is 0 Å². The minimum Gasteiger partial charge on any atom is -0.437 e. The summed E-state index contributed by atoms with van der Waals surface area (Å²) in [4.78, 5) is 5.00. The van der Waals surface area contributed by atoms with Gasteiger partial charge in [-0.25, -0.2) is 9.55 Å². The van der Waals surface area contributed by atoms with E-state index in [1.165, 1.54) is 44.9 Å². The number of nitrogens with zero attached hydrogens (tertiary/aromatic N) is 2. The molecule has 3 heterocycles. The number of aryl methyl sites for hydroxylation is 2. The minimum atomic E-state index is -0.652. The van der Waals surface area contributed by atoms with Crippen molar-refractivity contribution in [2.75, 3.05) is 0 Å². The zero-order valence-electron chi connectivity index (χ0n) is 27.0. The van der Waals surface area contributed by atoms with E-state index < -0.39 is 11.8 Å². The molecule has 7 rings (SSSR count). The van der Waals surface area contributed by atoms with Crippen LogP contribution in [0, 0.1) is 17.8 Å². The maximum atomic E-state index is 9.60. The molecule has 0 atom stereocenters. The fourth-order valence-corrected chi connectivity index (χ4v) is 8.03. The van der Waals surface area contributed by atoms with E-state index >= 15 is 0 Å². The highest BCUT2D eigenvalue weighted by atomic mass is 16.3. The summed E-state index contributed by atoms with van der Waals surface area (Å²) >= 11 is 0. The number of aromatic nitrogens is 2. The van der Waals surface area contributed by atoms with E-state index in [2.05, 4.69) is 75.0 Å². The summed E-state index contributed by atoms with van der Waals surface area (Å²) in [5.74, 6) is -1.18. The van der Waals surface area contributed by atoms with E-state index in [0.29, 0.717) is 16.5 Å². The molecule has 3 fully saturated rings. The molecule has 40 heavy (non-hydrogen) atoms. The Balaban J connectivity index is 1.27. The summed E-state index contributed by atoms with van der Waals surface area (Å²) in [5, 5.41) is 2.08. The van der Waals surface area contributed by atoms with Crippen LogP contribution in [-0.4, -0.2) is 4.98 Å². The molecular weight excluding hydrogens is 488 g/mol. The lowest BCUT2D eigenvalue weighted by molar-refractivity contribution is -0.660. The fraction of sp³-hybridized carbons (Fsp3) is 0.568. The molecule has 3 aliphatic rings. The first-order valence-corrected chi connectivity index (χ1v) is 15.8. The fourth-order valence-electron chi connectivity index (χ4n) is 8.03. The van der Waals surface area contributed by atoms with Gasteiger partial charge in [0.2, 0.25) is 11.4 Å². The van der Waals surface area contributed by atoms with Crippen LogP contribution in [-0.2, 0) is 7.05 Å². The monoisotopic (exact) mass is 537 g/mol. The summed E-state index contributed by atoms with van der Waals surface area (Å²) in [7, 11) is 2.10. The maximum Gasteiger partial charge on any atom is 0.227 e. The van der Waals surface area contributed by atoms with Gasteiger partial charge in [0.05, 0.1) is 5.56 Å². The molecule has 210 valence electrons. The standard InChI is InChI=1S/C37H47N2O/c1-25-8-9-29-30-10-11-31(27-12-19-36(2,3)20-13-27)38-35(30)40-34(29)33(25)32-24-28(16-23-39(32)4)26-14-21-37(22-15-26)17-6-5-7-18-37/h8-11,16,23-24,26-27H,5-7,12-15,17-22H2,1-4H3/q+1/i26D,27D. The van der Waals surface area contributed by atoms with E-state index in [4.69, 9.17) is 9.40 Å². The summed E-state index contributed by atoms with van der Waals surface area (Å²) in [5.41, 5.74) is 7.58. The number of benzene rings is 1. The lowest BCUT2D eigenvalue weighted by Crippen LogP contribution is -2.32. The topological polar surface area (TPSA) is 29.9 Å². The molecule has 0 saturated heterocycles. The lowest BCUT2D eigenvalue weighted by Gasteiger charge is -2.43. The molecular formula is C37H47N2O+. The number of hydrogen-bond acceptors (Lipinski definition) is 2. The normalized spacial score (nSPS) is 26.6. The van der Waals surface area contributed by atoms with E-state index in [1.54, 1.807) is 0 Å². The van der Waals surface area contributed by atoms with Crippen molar-refractivity contribution in [3.63, 3.8) is 0 Å². The van der Waals surface area contributed by atoms with Gasteiger partial charge in [-0.05, 0) is 111 Å². The molecule has 3 aromatic heterocycles. The Bertz CT molecular complexity index is 1640. The SMILES string of the molecule is [2H]C1(c2cc[n+](C)c(-c3c(C)ccc4c3oc3nc(C5([2H])CCC(C)(C)CC5)ccc34)c2)CCC2(CCCCC2)CC1. The van der Waals surface area contributed by atoms with E-state index in [-0.39, 0.29) is 0 Å². The van der Waals surface area contributed by atoms with Crippen LogP contribution in [0.3, 0.4) is 0 Å². The first kappa shape index (κ1) is 24.0. The van der Waals surface area contributed by atoms with Crippen LogP contribution < -0.4 is 4.57 Å². The predicted octanol–water partition coefficient (Wildman–Crippen LogP) is 10.1. The summed E-state index contributed by atoms with van der Waals surface area (Å²) in [6.07, 6.45) is 17.0. The average Bonchev–Trinajstić information content (AvgIpc) is 3.35. The van der Waals surface area contributed by atoms with Gasteiger partial charge in [0.1, 0.15) is 7.05 Å². The number of furan rings is 1. The van der Waals surface area contributed by atoms with Gasteiger partial charge in [0, 0.05) is 37.2 Å². The second-order valence-corrected chi connectivity index (χ2v) is 14.1. The van der Waals surface area contributed by atoms with Crippen LogP contribution in [0.2, 0.25) is 0 Å². The second-order valence-electron chi connectivity index (χ2n) is 14.1. The number of rotatable bonds is 3. The van der Waals surface area contributed by atoms with Crippen molar-refractivity contribution >= 4 is 22.1 Å². The van der Waals surface area contributed by atoms with Gasteiger partial charge in [-0.2, -0.15) is 0 Å². The first-order valence-electron chi connectivity index (χ1n) is 16.8. The molecule has 0 amide bonds. The smallest absolute Gasteiger partial charge is 0.227 e. The van der Waals surface area contributed by atoms with E-state index in [0.717, 1.165) is 83.0 Å². The van der Waals surface area contributed by atoms with E-state index in [9.17, 15) is 2.74 Å². The van der Waals surface area contributed by atoms with E-state index in [1.807, 2.05) is 0 Å². The summed E-state index contributed by atoms with van der Waals surface area (Å²) < 4.78 is 27.7. The third-order valence-electron chi connectivity index (χ3n) is 10.9. The Labute approximate surface area is 243 Å². The zero-order valence-corrected chi connectivity index (χ0v) is 25.0. The Morgan fingerprint density at radius 3 is 2.30 bits per heavy atom. The largest absolute Gasteiger partial charge is 0.437 e. The van der Waals surface area contributed by atoms with Gasteiger partial charge in [-0.3, -0.25) is 0 Å². The molecule has 0 radical (unpaired) electrons. The number of hydrogen-bond donors (Lipinski definition) is 0. The molecule has 0 bridgehead atoms. The van der Waals surface area contributed by atoms with Gasteiger partial charge in [-0.1, -0.05) is 45.2 Å². The third-order valence-corrected chi connectivity index (χ3v) is 10.9. The Morgan fingerprint density at radius 2 is 1.55 bits per heavy atom. The quantitative estimate of drug-likeness (QED) is 0.243. The molecule has 3 heteroatoms. The van der Waals surface area contributed by atoms with Crippen molar-refractivity contribution in [2.45, 2.75) is 116 Å². The predicted molar refractivity (Wildman–Crippen MR) is 165 cm³/mol. The second kappa shape index (κ2) is 10.00. The van der Waals surface area contributed by atoms with Crippen LogP contribution in [0.1, 0.15) is 129 Å². The van der Waals surface area contributed by atoms with Crippen LogP contribution in [0.25, 0.3) is 33.3 Å². The van der Waals surface area contributed by atoms with Crippen molar-refractivity contribution < 1.29 is 11.7 Å². The molecule has 3 aliphatic carbocycles. The van der Waals surface area contributed by atoms with Crippen LogP contribution in [0.15, 0.2) is 47.0 Å². The third kappa shape index (κ3) is 4.68. The molecule has 3 saturated carbocycles. The minimum absolute atomic E-state index is 0.303. The Kier molecular flexibility index (Phi) is 5.99. The van der Waals surface area contributed by atoms with Crippen molar-refractivity contribution in [3.05, 3.63) is 59.4 Å². The van der Waals surface area contributed by atoms with Crippen LogP contribution in [0.5, 0.6) is 0 Å². The van der Waals surface area contributed by atoms with Crippen molar-refractivity contribution in [1.29, 1.82) is 0 Å². The molecule has 0 aliphatic heterocycles. The molecule has 0 unspecified atom stereocenters. The number of pyridine rings is 2. The highest BCUT2D eigenvalue weighted by Crippen LogP contribution is 2.51. The highest BCUT2D eigenvalue weighted by molar-refractivity contribution is 6.08. The maximum absolute atomic E-state index is 9.60. The van der Waals surface area contributed by atoms with Crippen molar-refractivity contribution in [1.82, 2.24) is 4.98 Å². The van der Waals surface area contributed by atoms with Crippen molar-refractivity contribution in [3.8, 4) is 11.3 Å². The van der Waals surface area contributed by atoms with Gasteiger partial charge in [0.15, 0.2) is 11.8 Å². The molecule has 3 nitrogen and oxygen atoms in total. The summed E-state index contributed by atoms with van der Waals surface area (Å²) in [6.45, 7) is 6.77. The van der Waals surface area contributed by atoms with Crippen LogP contribution >= 0.6 is 0 Å². The summed E-state index contributed by atoms with van der Waals surface area (Å²) in [6, 6.07) is 13.0. The van der Waals surface area contributed by atoms with Gasteiger partial charge < -0.3 is 4.42 Å². The van der Waals surface area contributed by atoms with Gasteiger partial charge in [-0.15, -0.1) is 0 Å². The zero-order chi connectivity index (χ0) is 29.3. The first-order chi connectivity index (χ1) is 20.0. The van der Waals surface area contributed by atoms with Crippen molar-refractivity contribution in [2.24, 2.45) is 17.9 Å². The Morgan fingerprint density at radius 1 is 0.850 bits per heavy atom. The average molecular weight is 538 g/mol. The molecule has 1 spiro atoms. The van der Waals surface area contributed by atoms with Gasteiger partial charge in [0.25, 0.3) is 0 Å². The molecule has 1 aromatic carbocycles. The molecule has 0 N–H and O–H groups in total. The molecule has 4 aromatic rings. The Hall–Kier alpha value is -2.68.